The lowest BCUT2D eigenvalue weighted by molar-refractivity contribution is -0.385. The summed E-state index contributed by atoms with van der Waals surface area (Å²) in [6, 6.07) is 0. The number of esters is 1. The second-order valence-electron chi connectivity index (χ2n) is 5.14. The molecule has 2 heterocycles. The first-order valence-corrected chi connectivity index (χ1v) is 8.08. The third-order valence-corrected chi connectivity index (χ3v) is 4.64. The summed E-state index contributed by atoms with van der Waals surface area (Å²) in [5, 5.41) is 17.2. The maximum atomic E-state index is 12.3. The van der Waals surface area contributed by atoms with Gasteiger partial charge in [-0.05, 0) is 12.5 Å². The highest BCUT2D eigenvalue weighted by Crippen LogP contribution is 2.33. The fourth-order valence-electron chi connectivity index (χ4n) is 2.24. The zero-order valence-electron chi connectivity index (χ0n) is 14.5. The van der Waals surface area contributed by atoms with Gasteiger partial charge in [-0.15, -0.1) is 16.4 Å². The Labute approximate surface area is 156 Å². The van der Waals surface area contributed by atoms with Gasteiger partial charge in [0.05, 0.1) is 29.6 Å². The van der Waals surface area contributed by atoms with Crippen LogP contribution in [0.25, 0.3) is 0 Å². The molecule has 0 aliphatic rings. The molecule has 0 fully saturated rings. The molecule has 3 N–H and O–H groups in total. The Kier molecular flexibility index (Phi) is 5.75. The Morgan fingerprint density at radius 3 is 2.56 bits per heavy atom. The van der Waals surface area contributed by atoms with Gasteiger partial charge in [0, 0.05) is 0 Å². The van der Waals surface area contributed by atoms with Crippen LogP contribution in [0, 0.1) is 17.0 Å². The highest BCUT2D eigenvalue weighted by molar-refractivity contribution is 7.18. The maximum absolute atomic E-state index is 12.3. The molecule has 0 bridgehead atoms. The minimum atomic E-state index is -0.754. The third-order valence-electron chi connectivity index (χ3n) is 3.42. The Morgan fingerprint density at radius 2 is 2.07 bits per heavy atom. The van der Waals surface area contributed by atoms with Gasteiger partial charge in [0.2, 0.25) is 5.91 Å². The molecule has 0 radical (unpaired) electrons. The molecule has 0 aromatic carbocycles. The normalized spacial score (nSPS) is 10.3. The van der Waals surface area contributed by atoms with Crippen molar-refractivity contribution in [2.45, 2.75) is 13.5 Å². The summed E-state index contributed by atoms with van der Waals surface area (Å²) >= 11 is 0.825. The van der Waals surface area contributed by atoms with Crippen molar-refractivity contribution >= 4 is 39.8 Å². The highest BCUT2D eigenvalue weighted by atomic mass is 32.1. The molecule has 0 spiro atoms. The average molecular weight is 397 g/mol. The lowest BCUT2D eigenvalue weighted by Crippen LogP contribution is -2.20. The molecular formula is C14H15N5O7S. The Balaban J connectivity index is 2.28. The van der Waals surface area contributed by atoms with Crippen molar-refractivity contribution in [1.82, 2.24) is 9.78 Å². The topological polar surface area (TPSA) is 169 Å². The second kappa shape index (κ2) is 7.82. The van der Waals surface area contributed by atoms with E-state index < -0.39 is 34.9 Å². The molecule has 2 aromatic heterocycles. The number of nitro groups is 1. The van der Waals surface area contributed by atoms with Crippen LogP contribution in [0.15, 0.2) is 6.20 Å². The third kappa shape index (κ3) is 4.03. The SMILES string of the molecule is COC(=O)c1c(NC(=O)Cn2cc([N+](=O)[O-])c(OC)n2)sc(C(N)=O)c1C. The van der Waals surface area contributed by atoms with E-state index in [1.165, 1.54) is 14.0 Å². The molecule has 12 nitrogen and oxygen atoms in total. The van der Waals surface area contributed by atoms with E-state index in [9.17, 15) is 24.5 Å². The molecule has 27 heavy (non-hydrogen) atoms. The monoisotopic (exact) mass is 397 g/mol. The van der Waals surface area contributed by atoms with Crippen LogP contribution < -0.4 is 15.8 Å². The molecule has 2 amide bonds. The zero-order chi connectivity index (χ0) is 20.3. The van der Waals surface area contributed by atoms with Crippen LogP contribution in [0.4, 0.5) is 10.7 Å². The standard InChI is InChI=1S/C14H15N5O7S/c1-6-9(14(22)26-3)13(27-10(6)11(15)21)16-8(20)5-18-4-7(19(23)24)12(17-18)25-2/h4H,5H2,1-3H3,(H2,15,21)(H,16,20). The number of hydrogen-bond acceptors (Lipinski definition) is 9. The highest BCUT2D eigenvalue weighted by Gasteiger charge is 2.26. The van der Waals surface area contributed by atoms with Crippen molar-refractivity contribution < 1.29 is 28.8 Å². The van der Waals surface area contributed by atoms with E-state index >= 15 is 0 Å². The second-order valence-corrected chi connectivity index (χ2v) is 6.16. The van der Waals surface area contributed by atoms with Gasteiger partial charge in [0.1, 0.15) is 17.7 Å². The van der Waals surface area contributed by atoms with E-state index in [2.05, 4.69) is 15.2 Å². The van der Waals surface area contributed by atoms with Crippen LogP contribution in [-0.4, -0.2) is 46.7 Å². The molecule has 0 aliphatic heterocycles. The molecule has 0 unspecified atom stereocenters. The van der Waals surface area contributed by atoms with Gasteiger partial charge in [-0.2, -0.15) is 0 Å². The van der Waals surface area contributed by atoms with E-state index in [4.69, 9.17) is 10.5 Å². The number of aromatic nitrogens is 2. The maximum Gasteiger partial charge on any atom is 0.350 e. The van der Waals surface area contributed by atoms with Crippen molar-refractivity contribution in [2.24, 2.45) is 5.73 Å². The number of methoxy groups -OCH3 is 2. The lowest BCUT2D eigenvalue weighted by atomic mass is 10.1. The predicted octanol–water partition coefficient (Wildman–Crippen LogP) is 0.694. The van der Waals surface area contributed by atoms with Gasteiger partial charge in [0.25, 0.3) is 5.91 Å². The van der Waals surface area contributed by atoms with Gasteiger partial charge in [-0.3, -0.25) is 24.4 Å². The summed E-state index contributed by atoms with van der Waals surface area (Å²) in [5.41, 5.74) is 5.16. The Bertz CT molecular complexity index is 933. The van der Waals surface area contributed by atoms with E-state index in [0.29, 0.717) is 0 Å². The van der Waals surface area contributed by atoms with Crippen LogP contribution in [0.3, 0.4) is 0 Å². The van der Waals surface area contributed by atoms with Crippen LogP contribution in [0.2, 0.25) is 0 Å². The lowest BCUT2D eigenvalue weighted by Gasteiger charge is -2.06. The number of anilines is 1. The van der Waals surface area contributed by atoms with E-state index in [0.717, 1.165) is 29.3 Å². The van der Waals surface area contributed by atoms with Crippen molar-refractivity contribution in [3.05, 3.63) is 32.3 Å². The summed E-state index contributed by atoms with van der Waals surface area (Å²) in [7, 11) is 2.37. The van der Waals surface area contributed by atoms with E-state index in [1.54, 1.807) is 0 Å². The summed E-state index contributed by atoms with van der Waals surface area (Å²) in [6.07, 6.45) is 1.04. The number of carbonyl (C=O) groups is 3. The number of rotatable bonds is 7. The molecule has 0 aliphatic carbocycles. The van der Waals surface area contributed by atoms with E-state index in [-0.39, 0.29) is 26.9 Å². The fraction of sp³-hybridized carbons (Fsp3) is 0.286. The first-order chi connectivity index (χ1) is 12.7. The number of thiophene rings is 1. The molecule has 0 saturated carbocycles. The molecule has 2 aromatic rings. The Morgan fingerprint density at radius 1 is 1.41 bits per heavy atom. The van der Waals surface area contributed by atoms with Gasteiger partial charge in [-0.1, -0.05) is 0 Å². The van der Waals surface area contributed by atoms with Crippen LogP contribution in [0.1, 0.15) is 25.6 Å². The minimum absolute atomic E-state index is 0.00803. The predicted molar refractivity (Wildman–Crippen MR) is 93.0 cm³/mol. The summed E-state index contributed by atoms with van der Waals surface area (Å²) < 4.78 is 10.5. The van der Waals surface area contributed by atoms with E-state index in [1.807, 2.05) is 0 Å². The number of amides is 2. The largest absolute Gasteiger partial charge is 0.475 e. The molecule has 2 rings (SSSR count). The van der Waals surface area contributed by atoms with Crippen LogP contribution in [0.5, 0.6) is 5.88 Å². The number of hydrogen-bond donors (Lipinski definition) is 2. The molecular weight excluding hydrogens is 382 g/mol. The summed E-state index contributed by atoms with van der Waals surface area (Å²) in [5.74, 6) is -2.39. The molecule has 0 atom stereocenters. The van der Waals surface area contributed by atoms with Crippen molar-refractivity contribution in [1.29, 1.82) is 0 Å². The first-order valence-electron chi connectivity index (χ1n) is 7.26. The van der Waals surface area contributed by atoms with Crippen molar-refractivity contribution in [3.63, 3.8) is 0 Å². The number of nitrogens with two attached hydrogens (primary N) is 1. The number of nitrogens with zero attached hydrogens (tertiary/aromatic N) is 3. The zero-order valence-corrected chi connectivity index (χ0v) is 15.3. The van der Waals surface area contributed by atoms with Crippen LogP contribution >= 0.6 is 11.3 Å². The van der Waals surface area contributed by atoms with Crippen molar-refractivity contribution in [3.8, 4) is 5.88 Å². The molecule has 13 heteroatoms. The van der Waals surface area contributed by atoms with Crippen LogP contribution in [-0.2, 0) is 16.1 Å². The quantitative estimate of drug-likeness (QED) is 0.391. The smallest absolute Gasteiger partial charge is 0.350 e. The van der Waals surface area contributed by atoms with Gasteiger partial charge >= 0.3 is 17.5 Å². The summed E-state index contributed by atoms with van der Waals surface area (Å²) in [6.45, 7) is 1.11. The van der Waals surface area contributed by atoms with Gasteiger partial charge in [0.15, 0.2) is 0 Å². The molecule has 144 valence electrons. The minimum Gasteiger partial charge on any atom is -0.475 e. The summed E-state index contributed by atoms with van der Waals surface area (Å²) in [4.78, 5) is 46.0. The fourth-order valence-corrected chi connectivity index (χ4v) is 3.31. The number of nitrogens with one attached hydrogen (secondary N) is 1. The number of primary amides is 1. The van der Waals surface area contributed by atoms with Gasteiger partial charge < -0.3 is 20.5 Å². The van der Waals surface area contributed by atoms with Gasteiger partial charge in [-0.25, -0.2) is 4.79 Å². The molecule has 0 saturated heterocycles. The van der Waals surface area contributed by atoms with Crippen molar-refractivity contribution in [2.75, 3.05) is 19.5 Å². The average Bonchev–Trinajstić information content (AvgIpc) is 3.15. The number of ether oxygens (including phenoxy) is 2. The first kappa shape index (κ1) is 19.8. The number of carbonyl (C=O) groups excluding carboxylic acids is 3. The Hall–Kier alpha value is -3.48.